The second-order valence-corrected chi connectivity index (χ2v) is 6.63. The van der Waals surface area contributed by atoms with Crippen LogP contribution in [0, 0.1) is 13.8 Å². The van der Waals surface area contributed by atoms with E-state index in [0.29, 0.717) is 16.0 Å². The van der Waals surface area contributed by atoms with Gasteiger partial charge in [0, 0.05) is 17.3 Å². The minimum Gasteiger partial charge on any atom is -0.331 e. The molecule has 3 rings (SSSR count). The molecule has 0 saturated heterocycles. The summed E-state index contributed by atoms with van der Waals surface area (Å²) in [5.41, 5.74) is 6.78. The molecule has 5 nitrogen and oxygen atoms in total. The van der Waals surface area contributed by atoms with Gasteiger partial charge in [0.1, 0.15) is 5.69 Å². The maximum absolute atomic E-state index is 6.10. The van der Waals surface area contributed by atoms with Crippen LogP contribution in [0.15, 0.2) is 34.9 Å². The lowest BCUT2D eigenvalue weighted by atomic mass is 10.1. The Hall–Kier alpha value is -1.96. The van der Waals surface area contributed by atoms with E-state index < -0.39 is 0 Å². The standard InChI is InChI=1S/C15H14ClN5S2/c1-9-3-4-11(10(2)7-9)18-14(22)20-17-8-12-13(16)19-15-21(12)5-6-23-15/h3-8H,1-2H3,(H2,18,20,22)/b17-8+. The lowest BCUT2D eigenvalue weighted by Crippen LogP contribution is -2.24. The lowest BCUT2D eigenvalue weighted by molar-refractivity contribution is 1.04. The molecule has 0 aliphatic rings. The fraction of sp³-hybridized carbons (Fsp3) is 0.133. The zero-order valence-electron chi connectivity index (χ0n) is 12.5. The highest BCUT2D eigenvalue weighted by Crippen LogP contribution is 2.19. The number of nitrogens with zero attached hydrogens (tertiary/aromatic N) is 3. The van der Waals surface area contributed by atoms with E-state index in [0.717, 1.165) is 16.2 Å². The van der Waals surface area contributed by atoms with Gasteiger partial charge in [-0.3, -0.25) is 9.83 Å². The SMILES string of the molecule is Cc1ccc(NC(=S)N/N=C/c2c(Cl)nc3sccn23)c(C)c1. The summed E-state index contributed by atoms with van der Waals surface area (Å²) in [6.07, 6.45) is 3.50. The Labute approximate surface area is 148 Å². The van der Waals surface area contributed by atoms with Crippen molar-refractivity contribution in [3.05, 3.63) is 51.7 Å². The van der Waals surface area contributed by atoms with E-state index in [4.69, 9.17) is 23.8 Å². The molecule has 2 N–H and O–H groups in total. The molecule has 0 unspecified atom stereocenters. The van der Waals surface area contributed by atoms with Gasteiger partial charge in [0.05, 0.1) is 6.21 Å². The Balaban J connectivity index is 1.66. The van der Waals surface area contributed by atoms with Gasteiger partial charge in [-0.1, -0.05) is 29.3 Å². The molecule has 0 spiro atoms. The molecule has 23 heavy (non-hydrogen) atoms. The number of fused-ring (bicyclic) bond motifs is 1. The summed E-state index contributed by atoms with van der Waals surface area (Å²) in [4.78, 5) is 5.06. The van der Waals surface area contributed by atoms with E-state index in [2.05, 4.69) is 33.8 Å². The van der Waals surface area contributed by atoms with Gasteiger partial charge < -0.3 is 5.32 Å². The summed E-state index contributed by atoms with van der Waals surface area (Å²) in [5.74, 6) is 0. The highest BCUT2D eigenvalue weighted by atomic mass is 35.5. The molecule has 1 aromatic carbocycles. The smallest absolute Gasteiger partial charge is 0.195 e. The van der Waals surface area contributed by atoms with E-state index in [9.17, 15) is 0 Å². The number of imidazole rings is 1. The number of nitrogens with one attached hydrogen (secondary N) is 2. The van der Waals surface area contributed by atoms with Gasteiger partial charge in [-0.05, 0) is 37.7 Å². The average Bonchev–Trinajstić information content (AvgIpc) is 3.04. The second kappa shape index (κ2) is 6.66. The minimum absolute atomic E-state index is 0.412. The van der Waals surface area contributed by atoms with Gasteiger partial charge >= 0.3 is 0 Å². The van der Waals surface area contributed by atoms with Crippen molar-refractivity contribution < 1.29 is 0 Å². The number of hydrogen-bond donors (Lipinski definition) is 2. The summed E-state index contributed by atoms with van der Waals surface area (Å²) >= 11 is 12.9. The first-order valence-electron chi connectivity index (χ1n) is 6.83. The van der Waals surface area contributed by atoms with Crippen molar-refractivity contribution in [2.45, 2.75) is 13.8 Å². The van der Waals surface area contributed by atoms with Crippen molar-refractivity contribution in [3.63, 3.8) is 0 Å². The predicted octanol–water partition coefficient (Wildman–Crippen LogP) is 3.99. The molecule has 2 aromatic heterocycles. The third-order valence-electron chi connectivity index (χ3n) is 3.24. The summed E-state index contributed by atoms with van der Waals surface area (Å²) in [7, 11) is 0. The van der Waals surface area contributed by atoms with E-state index in [1.165, 1.54) is 16.9 Å². The summed E-state index contributed by atoms with van der Waals surface area (Å²) in [6, 6.07) is 6.11. The largest absolute Gasteiger partial charge is 0.331 e. The van der Waals surface area contributed by atoms with Crippen LogP contribution in [0.4, 0.5) is 5.69 Å². The Kier molecular flexibility index (Phi) is 4.61. The van der Waals surface area contributed by atoms with E-state index in [1.807, 2.05) is 35.0 Å². The van der Waals surface area contributed by atoms with Crippen LogP contribution in [0.1, 0.15) is 16.8 Å². The highest BCUT2D eigenvalue weighted by Gasteiger charge is 2.08. The van der Waals surface area contributed by atoms with Crippen LogP contribution in [0.3, 0.4) is 0 Å². The summed E-state index contributed by atoms with van der Waals surface area (Å²) in [5, 5.41) is 10.0. The second-order valence-electron chi connectivity index (χ2n) is 4.99. The first kappa shape index (κ1) is 15.9. The number of rotatable bonds is 3. The molecule has 3 aromatic rings. The monoisotopic (exact) mass is 363 g/mol. The van der Waals surface area contributed by atoms with Crippen molar-refractivity contribution in [3.8, 4) is 0 Å². The lowest BCUT2D eigenvalue weighted by Gasteiger charge is -2.10. The Bertz CT molecular complexity index is 897. The maximum atomic E-state index is 6.10. The predicted molar refractivity (Wildman–Crippen MR) is 101 cm³/mol. The van der Waals surface area contributed by atoms with Crippen molar-refractivity contribution >= 4 is 57.1 Å². The molecule has 0 saturated carbocycles. The van der Waals surface area contributed by atoms with Crippen LogP contribution in [0.5, 0.6) is 0 Å². The maximum Gasteiger partial charge on any atom is 0.195 e. The van der Waals surface area contributed by atoms with Crippen molar-refractivity contribution in [1.29, 1.82) is 0 Å². The van der Waals surface area contributed by atoms with Crippen molar-refractivity contribution in [2.24, 2.45) is 5.10 Å². The van der Waals surface area contributed by atoms with Crippen LogP contribution >= 0.6 is 35.2 Å². The highest BCUT2D eigenvalue weighted by molar-refractivity contribution is 7.80. The fourth-order valence-corrected chi connectivity index (χ4v) is 3.30. The molecule has 0 atom stereocenters. The normalized spacial score (nSPS) is 11.3. The van der Waals surface area contributed by atoms with Gasteiger partial charge in [-0.15, -0.1) is 11.3 Å². The molecule has 0 amide bonds. The van der Waals surface area contributed by atoms with Gasteiger partial charge in [0.25, 0.3) is 0 Å². The number of aromatic nitrogens is 2. The number of hydrazone groups is 1. The molecule has 0 aliphatic heterocycles. The first-order valence-corrected chi connectivity index (χ1v) is 8.49. The minimum atomic E-state index is 0.412. The number of anilines is 1. The Morgan fingerprint density at radius 1 is 1.43 bits per heavy atom. The van der Waals surface area contributed by atoms with Crippen LogP contribution in [-0.4, -0.2) is 20.7 Å². The van der Waals surface area contributed by atoms with Gasteiger partial charge in [0.15, 0.2) is 15.2 Å². The van der Waals surface area contributed by atoms with Crippen molar-refractivity contribution in [2.75, 3.05) is 5.32 Å². The van der Waals surface area contributed by atoms with Crippen LogP contribution < -0.4 is 10.7 Å². The Morgan fingerprint density at radius 3 is 3.04 bits per heavy atom. The zero-order valence-corrected chi connectivity index (χ0v) is 14.9. The number of halogens is 1. The van der Waals surface area contributed by atoms with Crippen LogP contribution in [-0.2, 0) is 0 Å². The number of aryl methyl sites for hydroxylation is 2. The first-order chi connectivity index (χ1) is 11.0. The topological polar surface area (TPSA) is 53.7 Å². The average molecular weight is 364 g/mol. The Morgan fingerprint density at radius 2 is 2.26 bits per heavy atom. The molecular weight excluding hydrogens is 350 g/mol. The fourth-order valence-electron chi connectivity index (χ4n) is 2.15. The quantitative estimate of drug-likeness (QED) is 0.420. The van der Waals surface area contributed by atoms with E-state index in [-0.39, 0.29) is 0 Å². The van der Waals surface area contributed by atoms with Crippen molar-refractivity contribution in [1.82, 2.24) is 14.8 Å². The van der Waals surface area contributed by atoms with E-state index in [1.54, 1.807) is 6.21 Å². The summed E-state index contributed by atoms with van der Waals surface area (Å²) < 4.78 is 1.87. The molecule has 0 radical (unpaired) electrons. The van der Waals surface area contributed by atoms with Crippen LogP contribution in [0.25, 0.3) is 4.96 Å². The van der Waals surface area contributed by atoms with Gasteiger partial charge in [-0.25, -0.2) is 4.98 Å². The molecule has 118 valence electrons. The third-order valence-corrected chi connectivity index (χ3v) is 4.47. The van der Waals surface area contributed by atoms with Gasteiger partial charge in [0.2, 0.25) is 0 Å². The summed E-state index contributed by atoms with van der Waals surface area (Å²) in [6.45, 7) is 4.08. The number of benzene rings is 1. The van der Waals surface area contributed by atoms with Gasteiger partial charge in [-0.2, -0.15) is 5.10 Å². The third kappa shape index (κ3) is 3.52. The zero-order chi connectivity index (χ0) is 16.4. The molecule has 8 heteroatoms. The molecule has 2 heterocycles. The molecule has 0 bridgehead atoms. The van der Waals surface area contributed by atoms with E-state index >= 15 is 0 Å². The number of hydrogen-bond acceptors (Lipinski definition) is 4. The number of thiocarbonyl (C=S) groups is 1. The number of thiazole rings is 1. The molecular formula is C15H14ClN5S2. The van der Waals surface area contributed by atoms with Crippen LogP contribution in [0.2, 0.25) is 5.15 Å². The molecule has 0 fully saturated rings. The molecule has 0 aliphatic carbocycles.